The van der Waals surface area contributed by atoms with Crippen molar-refractivity contribution in [3.63, 3.8) is 0 Å². The third kappa shape index (κ3) is 3.61. The first kappa shape index (κ1) is 13.7. The average Bonchev–Trinajstić information content (AvgIpc) is 2.38. The van der Waals surface area contributed by atoms with Crippen LogP contribution in [0.5, 0.6) is 0 Å². The third-order valence-electron chi connectivity index (χ3n) is 2.76. The lowest BCUT2D eigenvalue weighted by Gasteiger charge is -2.12. The molecule has 1 nitrogen and oxygen atoms in total. The lowest BCUT2D eigenvalue weighted by Crippen LogP contribution is -2.12. The second-order valence-electron chi connectivity index (χ2n) is 4.26. The number of aryl methyl sites for hydroxylation is 1. The Bertz CT molecular complexity index is 510. The van der Waals surface area contributed by atoms with Crippen LogP contribution in [0.15, 0.2) is 57.9 Å². The Morgan fingerprint density at radius 1 is 1.11 bits per heavy atom. The van der Waals surface area contributed by atoms with Crippen LogP contribution >= 0.6 is 27.7 Å². The van der Waals surface area contributed by atoms with Crippen LogP contribution in [0.2, 0.25) is 0 Å². The van der Waals surface area contributed by atoms with E-state index in [1.165, 1.54) is 16.0 Å². The Morgan fingerprint density at radius 3 is 2.44 bits per heavy atom. The summed E-state index contributed by atoms with van der Waals surface area (Å²) in [6, 6.07) is 16.7. The van der Waals surface area contributed by atoms with Gasteiger partial charge in [0.25, 0.3) is 0 Å². The van der Waals surface area contributed by atoms with E-state index in [0.29, 0.717) is 0 Å². The highest BCUT2D eigenvalue weighted by Gasteiger charge is 2.07. The highest BCUT2D eigenvalue weighted by molar-refractivity contribution is 9.10. The molecule has 0 heterocycles. The van der Waals surface area contributed by atoms with E-state index in [-0.39, 0.29) is 6.04 Å². The van der Waals surface area contributed by atoms with Crippen molar-refractivity contribution < 1.29 is 0 Å². The molecule has 2 rings (SSSR count). The van der Waals surface area contributed by atoms with E-state index >= 15 is 0 Å². The maximum absolute atomic E-state index is 6.21. The second-order valence-corrected chi connectivity index (χ2v) is 6.17. The molecule has 0 spiro atoms. The lowest BCUT2D eigenvalue weighted by atomic mass is 10.1. The Kier molecular flexibility index (Phi) is 4.87. The van der Waals surface area contributed by atoms with Crippen LogP contribution < -0.4 is 5.73 Å². The number of thioether (sulfide) groups is 1. The van der Waals surface area contributed by atoms with E-state index in [1.807, 2.05) is 12.1 Å². The van der Waals surface area contributed by atoms with Gasteiger partial charge in [0, 0.05) is 21.2 Å². The molecule has 0 radical (unpaired) electrons. The summed E-state index contributed by atoms with van der Waals surface area (Å²) in [5.74, 6) is 0.881. The summed E-state index contributed by atoms with van der Waals surface area (Å²) in [4.78, 5) is 1.24. The molecule has 2 N–H and O–H groups in total. The second kappa shape index (κ2) is 6.41. The fraction of sp³-hybridized carbons (Fsp3) is 0.200. The zero-order valence-electron chi connectivity index (χ0n) is 10.3. The van der Waals surface area contributed by atoms with Gasteiger partial charge in [-0.1, -0.05) is 42.0 Å². The monoisotopic (exact) mass is 321 g/mol. The summed E-state index contributed by atoms with van der Waals surface area (Å²) >= 11 is 5.33. The lowest BCUT2D eigenvalue weighted by molar-refractivity contribution is 0.830. The molecule has 0 aliphatic carbocycles. The van der Waals surface area contributed by atoms with Gasteiger partial charge in [-0.15, -0.1) is 11.8 Å². The first-order chi connectivity index (χ1) is 8.66. The standard InChI is InChI=1S/C15H16BrNS/c1-11-6-8-12(9-7-11)14(17)10-18-15-5-3-2-4-13(15)16/h2-9,14H,10,17H2,1H3. The average molecular weight is 322 g/mol. The molecule has 0 saturated carbocycles. The van der Waals surface area contributed by atoms with Gasteiger partial charge in [0.05, 0.1) is 0 Å². The van der Waals surface area contributed by atoms with Crippen LogP contribution in [0.1, 0.15) is 17.2 Å². The molecule has 0 fully saturated rings. The first-order valence-electron chi connectivity index (χ1n) is 5.86. The van der Waals surface area contributed by atoms with Gasteiger partial charge in [-0.25, -0.2) is 0 Å². The van der Waals surface area contributed by atoms with Crippen molar-refractivity contribution >= 4 is 27.7 Å². The molecular weight excluding hydrogens is 306 g/mol. The Balaban J connectivity index is 1.98. The minimum absolute atomic E-state index is 0.0720. The van der Waals surface area contributed by atoms with Crippen LogP contribution in [-0.4, -0.2) is 5.75 Å². The van der Waals surface area contributed by atoms with Crippen molar-refractivity contribution in [3.05, 3.63) is 64.1 Å². The number of rotatable bonds is 4. The molecule has 0 saturated heterocycles. The summed E-state index contributed by atoms with van der Waals surface area (Å²) in [5, 5.41) is 0. The van der Waals surface area contributed by atoms with Gasteiger partial charge in [-0.3, -0.25) is 0 Å². The fourth-order valence-electron chi connectivity index (χ4n) is 1.65. The quantitative estimate of drug-likeness (QED) is 0.836. The van der Waals surface area contributed by atoms with Gasteiger partial charge >= 0.3 is 0 Å². The van der Waals surface area contributed by atoms with Gasteiger partial charge in [0.1, 0.15) is 0 Å². The normalized spacial score (nSPS) is 12.4. The van der Waals surface area contributed by atoms with E-state index in [1.54, 1.807) is 11.8 Å². The summed E-state index contributed by atoms with van der Waals surface area (Å²) in [6.45, 7) is 2.09. The van der Waals surface area contributed by atoms with Crippen LogP contribution in [0.25, 0.3) is 0 Å². The molecule has 3 heteroatoms. The predicted molar refractivity (Wildman–Crippen MR) is 83.0 cm³/mol. The van der Waals surface area contributed by atoms with Gasteiger partial charge < -0.3 is 5.73 Å². The third-order valence-corrected chi connectivity index (χ3v) is 4.91. The Hall–Kier alpha value is -0.770. The summed E-state index contributed by atoms with van der Waals surface area (Å²) < 4.78 is 1.13. The molecule has 0 bridgehead atoms. The minimum Gasteiger partial charge on any atom is -0.323 e. The Labute approximate surface area is 121 Å². The van der Waals surface area contributed by atoms with E-state index in [2.05, 4.69) is 59.3 Å². The maximum Gasteiger partial charge on any atom is 0.0390 e. The number of hydrogen-bond acceptors (Lipinski definition) is 2. The van der Waals surface area contributed by atoms with Crippen molar-refractivity contribution in [1.29, 1.82) is 0 Å². The van der Waals surface area contributed by atoms with Gasteiger partial charge in [-0.2, -0.15) is 0 Å². The van der Waals surface area contributed by atoms with Crippen molar-refractivity contribution in [1.82, 2.24) is 0 Å². The number of benzene rings is 2. The Morgan fingerprint density at radius 2 is 1.78 bits per heavy atom. The molecule has 1 unspecified atom stereocenters. The molecule has 18 heavy (non-hydrogen) atoms. The van der Waals surface area contributed by atoms with Gasteiger partial charge in [0.2, 0.25) is 0 Å². The molecule has 2 aromatic carbocycles. The van der Waals surface area contributed by atoms with Crippen LogP contribution in [0, 0.1) is 6.92 Å². The van der Waals surface area contributed by atoms with Crippen LogP contribution in [0.3, 0.4) is 0 Å². The molecule has 1 atom stereocenters. The van der Waals surface area contributed by atoms with Crippen molar-refractivity contribution in [3.8, 4) is 0 Å². The molecule has 2 aromatic rings. The molecule has 94 valence electrons. The molecule has 0 aromatic heterocycles. The summed E-state index contributed by atoms with van der Waals surface area (Å²) in [5.41, 5.74) is 8.67. The van der Waals surface area contributed by atoms with E-state index in [0.717, 1.165) is 10.2 Å². The van der Waals surface area contributed by atoms with Crippen LogP contribution in [0.4, 0.5) is 0 Å². The highest BCUT2D eigenvalue weighted by Crippen LogP contribution is 2.29. The van der Waals surface area contributed by atoms with Gasteiger partial charge in [-0.05, 0) is 40.5 Å². The van der Waals surface area contributed by atoms with Crippen molar-refractivity contribution in [2.75, 3.05) is 5.75 Å². The first-order valence-corrected chi connectivity index (χ1v) is 7.64. The van der Waals surface area contributed by atoms with E-state index < -0.39 is 0 Å². The molecule has 0 aliphatic heterocycles. The highest BCUT2D eigenvalue weighted by atomic mass is 79.9. The molecular formula is C15H16BrNS. The predicted octanol–water partition coefficient (Wildman–Crippen LogP) is 4.55. The van der Waals surface area contributed by atoms with Crippen molar-refractivity contribution in [2.24, 2.45) is 5.73 Å². The van der Waals surface area contributed by atoms with E-state index in [9.17, 15) is 0 Å². The van der Waals surface area contributed by atoms with Crippen molar-refractivity contribution in [2.45, 2.75) is 17.9 Å². The number of halogens is 1. The largest absolute Gasteiger partial charge is 0.323 e. The number of hydrogen-bond donors (Lipinski definition) is 1. The molecule has 0 amide bonds. The zero-order valence-corrected chi connectivity index (χ0v) is 12.7. The fourth-order valence-corrected chi connectivity index (χ4v) is 3.21. The van der Waals surface area contributed by atoms with Gasteiger partial charge in [0.15, 0.2) is 0 Å². The topological polar surface area (TPSA) is 26.0 Å². The summed E-state index contributed by atoms with van der Waals surface area (Å²) in [7, 11) is 0. The maximum atomic E-state index is 6.21. The van der Waals surface area contributed by atoms with E-state index in [4.69, 9.17) is 5.73 Å². The minimum atomic E-state index is 0.0720. The smallest absolute Gasteiger partial charge is 0.0390 e. The summed E-state index contributed by atoms with van der Waals surface area (Å²) in [6.07, 6.45) is 0. The number of nitrogens with two attached hydrogens (primary N) is 1. The molecule has 0 aliphatic rings. The zero-order chi connectivity index (χ0) is 13.0. The van der Waals surface area contributed by atoms with Crippen LogP contribution in [-0.2, 0) is 0 Å². The SMILES string of the molecule is Cc1ccc(C(N)CSc2ccccc2Br)cc1.